The third-order valence-corrected chi connectivity index (χ3v) is 3.06. The van der Waals surface area contributed by atoms with Crippen molar-refractivity contribution in [1.29, 1.82) is 0 Å². The number of hydrogen-bond donors (Lipinski definition) is 2. The minimum Gasteiger partial charge on any atom is -0.396 e. The van der Waals surface area contributed by atoms with Crippen LogP contribution in [0.2, 0.25) is 0 Å². The number of rotatable bonds is 3. The quantitative estimate of drug-likeness (QED) is 0.894. The van der Waals surface area contributed by atoms with Crippen LogP contribution in [0.4, 0.5) is 24.5 Å². The summed E-state index contributed by atoms with van der Waals surface area (Å²) in [6.45, 7) is -0.223. The van der Waals surface area contributed by atoms with Gasteiger partial charge in [0, 0.05) is 16.4 Å². The number of hydrogen-bond acceptors (Lipinski definition) is 3. The Kier molecular flexibility index (Phi) is 3.84. The fourth-order valence-electron chi connectivity index (χ4n) is 1.71. The summed E-state index contributed by atoms with van der Waals surface area (Å²) in [5.41, 5.74) is 7.25. The van der Waals surface area contributed by atoms with Gasteiger partial charge in [0.05, 0.1) is 29.5 Å². The predicted octanol–water partition coefficient (Wildman–Crippen LogP) is 3.94. The van der Waals surface area contributed by atoms with Crippen molar-refractivity contribution in [3.05, 3.63) is 28.9 Å². The smallest absolute Gasteiger partial charge is 0.390 e. The van der Waals surface area contributed by atoms with Crippen molar-refractivity contribution in [3.63, 3.8) is 0 Å². The lowest BCUT2D eigenvalue weighted by Crippen LogP contribution is -2.15. The van der Waals surface area contributed by atoms with Gasteiger partial charge in [-0.3, -0.25) is 4.98 Å². The molecule has 3 nitrogen and oxygen atoms in total. The molecular formula is C12H11BrF3N3. The molecule has 1 heterocycles. The molecule has 0 aliphatic carbocycles. The van der Waals surface area contributed by atoms with Gasteiger partial charge in [-0.25, -0.2) is 0 Å². The molecule has 3 N–H and O–H groups in total. The number of nitrogen functional groups attached to an aromatic ring is 1. The van der Waals surface area contributed by atoms with Crippen LogP contribution in [-0.2, 0) is 0 Å². The van der Waals surface area contributed by atoms with Gasteiger partial charge in [0.15, 0.2) is 0 Å². The number of alkyl halides is 3. The van der Waals surface area contributed by atoms with Gasteiger partial charge in [0.25, 0.3) is 0 Å². The zero-order chi connectivity index (χ0) is 14.0. The molecular weight excluding hydrogens is 323 g/mol. The van der Waals surface area contributed by atoms with Gasteiger partial charge in [-0.15, -0.1) is 0 Å². The first kappa shape index (κ1) is 13.9. The summed E-state index contributed by atoms with van der Waals surface area (Å²) in [6, 6.07) is 5.35. The van der Waals surface area contributed by atoms with E-state index < -0.39 is 12.6 Å². The van der Waals surface area contributed by atoms with Crippen molar-refractivity contribution in [2.45, 2.75) is 12.6 Å². The molecule has 19 heavy (non-hydrogen) atoms. The molecule has 0 aliphatic heterocycles. The number of nitrogens with two attached hydrogens (primary N) is 1. The normalized spacial score (nSPS) is 11.8. The lowest BCUT2D eigenvalue weighted by atomic mass is 10.1. The van der Waals surface area contributed by atoms with Crippen molar-refractivity contribution in [1.82, 2.24) is 4.98 Å². The zero-order valence-corrected chi connectivity index (χ0v) is 11.3. The summed E-state index contributed by atoms with van der Waals surface area (Å²) < 4.78 is 37.2. The lowest BCUT2D eigenvalue weighted by Gasteiger charge is -2.13. The number of nitrogens with zero attached hydrogens (tertiary/aromatic N) is 1. The number of benzene rings is 1. The second-order valence-corrected chi connectivity index (χ2v) is 4.96. The summed E-state index contributed by atoms with van der Waals surface area (Å²) in [7, 11) is 0. The first-order chi connectivity index (χ1) is 8.87. The molecule has 2 aromatic rings. The van der Waals surface area contributed by atoms with Gasteiger partial charge in [-0.1, -0.05) is 15.9 Å². The maximum Gasteiger partial charge on any atom is 0.390 e. The maximum atomic E-state index is 12.1. The molecule has 0 fully saturated rings. The maximum absolute atomic E-state index is 12.1. The minimum atomic E-state index is -4.19. The fraction of sp³-hybridized carbons (Fsp3) is 0.250. The Balaban J connectivity index is 2.30. The average Bonchev–Trinajstić information content (AvgIpc) is 2.30. The van der Waals surface area contributed by atoms with E-state index in [1.165, 1.54) is 6.20 Å². The highest BCUT2D eigenvalue weighted by Gasteiger charge is 2.26. The molecule has 7 heteroatoms. The Hall–Kier alpha value is -1.50. The van der Waals surface area contributed by atoms with Crippen LogP contribution < -0.4 is 11.1 Å². The molecule has 0 spiro atoms. The molecule has 1 aromatic carbocycles. The second kappa shape index (κ2) is 5.24. The van der Waals surface area contributed by atoms with E-state index >= 15 is 0 Å². The van der Waals surface area contributed by atoms with Gasteiger partial charge >= 0.3 is 6.18 Å². The van der Waals surface area contributed by atoms with Crippen molar-refractivity contribution in [2.75, 3.05) is 17.6 Å². The molecule has 0 amide bonds. The highest BCUT2D eigenvalue weighted by atomic mass is 79.9. The molecule has 0 unspecified atom stereocenters. The Labute approximate surface area is 116 Å². The monoisotopic (exact) mass is 333 g/mol. The standard InChI is InChI=1S/C12H11BrF3N3/c13-7-1-2-10-8(5-7)11(9(17)6-19-10)18-4-3-12(14,15)16/h1-2,5-6H,3-4,17H2,(H,18,19). The third-order valence-electron chi connectivity index (χ3n) is 2.57. The first-order valence-electron chi connectivity index (χ1n) is 5.51. The van der Waals surface area contributed by atoms with Crippen molar-refractivity contribution in [3.8, 4) is 0 Å². The van der Waals surface area contributed by atoms with Crippen molar-refractivity contribution < 1.29 is 13.2 Å². The Morgan fingerprint density at radius 1 is 1.32 bits per heavy atom. The zero-order valence-electron chi connectivity index (χ0n) is 9.76. The molecule has 0 bridgehead atoms. The molecule has 0 radical (unpaired) electrons. The average molecular weight is 334 g/mol. The van der Waals surface area contributed by atoms with E-state index in [4.69, 9.17) is 5.73 Å². The van der Waals surface area contributed by atoms with E-state index in [1.54, 1.807) is 12.1 Å². The number of halogens is 4. The Morgan fingerprint density at radius 3 is 2.74 bits per heavy atom. The van der Waals surface area contributed by atoms with E-state index in [-0.39, 0.29) is 6.54 Å². The number of nitrogens with one attached hydrogen (secondary N) is 1. The van der Waals surface area contributed by atoms with Crippen LogP contribution in [0, 0.1) is 0 Å². The molecule has 0 saturated carbocycles. The van der Waals surface area contributed by atoms with Gasteiger partial charge in [0.2, 0.25) is 0 Å². The minimum absolute atomic E-state index is 0.223. The molecule has 0 saturated heterocycles. The topological polar surface area (TPSA) is 50.9 Å². The van der Waals surface area contributed by atoms with E-state index in [1.807, 2.05) is 6.07 Å². The first-order valence-corrected chi connectivity index (χ1v) is 6.30. The summed E-state index contributed by atoms with van der Waals surface area (Å²) in [5, 5.41) is 3.43. The van der Waals surface area contributed by atoms with Gasteiger partial charge < -0.3 is 11.1 Å². The van der Waals surface area contributed by atoms with E-state index in [2.05, 4.69) is 26.2 Å². The SMILES string of the molecule is Nc1cnc2ccc(Br)cc2c1NCCC(F)(F)F. The van der Waals surface area contributed by atoms with Gasteiger partial charge in [0.1, 0.15) is 0 Å². The van der Waals surface area contributed by atoms with Crippen LogP contribution in [0.25, 0.3) is 10.9 Å². The Morgan fingerprint density at radius 2 is 2.05 bits per heavy atom. The summed E-state index contributed by atoms with van der Waals surface area (Å²) >= 11 is 3.31. The predicted molar refractivity (Wildman–Crippen MR) is 73.0 cm³/mol. The van der Waals surface area contributed by atoms with Crippen LogP contribution >= 0.6 is 15.9 Å². The molecule has 102 valence electrons. The highest BCUT2D eigenvalue weighted by Crippen LogP contribution is 2.30. The summed E-state index contributed by atoms with van der Waals surface area (Å²) in [5.74, 6) is 0. The van der Waals surface area contributed by atoms with Gasteiger partial charge in [-0.05, 0) is 18.2 Å². The van der Waals surface area contributed by atoms with Crippen LogP contribution in [0.5, 0.6) is 0 Å². The number of pyridine rings is 1. The second-order valence-electron chi connectivity index (χ2n) is 4.04. The van der Waals surface area contributed by atoms with Crippen LogP contribution in [0.15, 0.2) is 28.9 Å². The summed E-state index contributed by atoms with van der Waals surface area (Å²) in [6.07, 6.45) is -3.67. The molecule has 1 aromatic heterocycles. The fourth-order valence-corrected chi connectivity index (χ4v) is 2.07. The lowest BCUT2D eigenvalue weighted by molar-refractivity contribution is -0.131. The largest absolute Gasteiger partial charge is 0.396 e. The third kappa shape index (κ3) is 3.50. The number of aromatic nitrogens is 1. The molecule has 0 atom stereocenters. The Bertz CT molecular complexity index is 593. The van der Waals surface area contributed by atoms with Crippen LogP contribution in [0.3, 0.4) is 0 Å². The molecule has 0 aliphatic rings. The van der Waals surface area contributed by atoms with Gasteiger partial charge in [-0.2, -0.15) is 13.2 Å². The van der Waals surface area contributed by atoms with Crippen LogP contribution in [-0.4, -0.2) is 17.7 Å². The van der Waals surface area contributed by atoms with E-state index in [9.17, 15) is 13.2 Å². The van der Waals surface area contributed by atoms with E-state index in [0.29, 0.717) is 22.3 Å². The van der Waals surface area contributed by atoms with E-state index in [0.717, 1.165) is 4.47 Å². The van der Waals surface area contributed by atoms with Crippen LogP contribution in [0.1, 0.15) is 6.42 Å². The molecule has 2 rings (SSSR count). The number of fused-ring (bicyclic) bond motifs is 1. The highest BCUT2D eigenvalue weighted by molar-refractivity contribution is 9.10. The number of anilines is 2. The van der Waals surface area contributed by atoms with Crippen molar-refractivity contribution in [2.24, 2.45) is 0 Å². The summed E-state index contributed by atoms with van der Waals surface area (Å²) in [4.78, 5) is 4.13. The van der Waals surface area contributed by atoms with Crippen molar-refractivity contribution >= 4 is 38.2 Å².